The van der Waals surface area contributed by atoms with Gasteiger partial charge in [0.2, 0.25) is 15.9 Å². The van der Waals surface area contributed by atoms with Crippen molar-refractivity contribution in [3.05, 3.63) is 53.6 Å². The van der Waals surface area contributed by atoms with Crippen LogP contribution < -0.4 is 10.5 Å². The van der Waals surface area contributed by atoms with E-state index in [0.29, 0.717) is 16.9 Å². The fraction of sp³-hybridized carbons (Fsp3) is 0.0625. The molecule has 25 heavy (non-hydrogen) atoms. The Morgan fingerprint density at radius 3 is 2.48 bits per heavy atom. The minimum Gasteiger partial charge on any atom is -0.478 e. The van der Waals surface area contributed by atoms with Crippen LogP contribution in [0.2, 0.25) is 0 Å². The predicted molar refractivity (Wildman–Crippen MR) is 90.7 cm³/mol. The van der Waals surface area contributed by atoms with Crippen LogP contribution in [0.25, 0.3) is 0 Å². The predicted octanol–water partition coefficient (Wildman–Crippen LogP) is 1.47. The number of carboxylic acid groups (broad SMARTS) is 1. The third-order valence-electron chi connectivity index (χ3n) is 3.71. The van der Waals surface area contributed by atoms with E-state index in [1.165, 1.54) is 48.7 Å². The molecule has 0 saturated heterocycles. The first kappa shape index (κ1) is 16.8. The van der Waals surface area contributed by atoms with E-state index in [2.05, 4.69) is 10.3 Å². The minimum atomic E-state index is -3.78. The minimum absolute atomic E-state index is 0.0403. The van der Waals surface area contributed by atoms with E-state index >= 15 is 0 Å². The zero-order chi connectivity index (χ0) is 18.2. The number of carbonyl (C=O) groups excluding carboxylic acids is 1. The van der Waals surface area contributed by atoms with Crippen molar-refractivity contribution in [1.82, 2.24) is 0 Å². The fourth-order valence-corrected chi connectivity index (χ4v) is 2.96. The number of amides is 1. The molecular formula is C16H13N3O5S. The van der Waals surface area contributed by atoms with Crippen molar-refractivity contribution in [3.63, 3.8) is 0 Å². The molecule has 1 aliphatic rings. The highest BCUT2D eigenvalue weighted by molar-refractivity contribution is 7.89. The zero-order valence-corrected chi connectivity index (χ0v) is 13.5. The van der Waals surface area contributed by atoms with Gasteiger partial charge in [0.1, 0.15) is 5.92 Å². The van der Waals surface area contributed by atoms with Crippen molar-refractivity contribution >= 4 is 39.5 Å². The highest BCUT2D eigenvalue weighted by Gasteiger charge is 2.29. The topological polar surface area (TPSA) is 139 Å². The van der Waals surface area contributed by atoms with Gasteiger partial charge in [-0.3, -0.25) is 9.79 Å². The van der Waals surface area contributed by atoms with Gasteiger partial charge in [-0.1, -0.05) is 0 Å². The fourth-order valence-electron chi connectivity index (χ4n) is 2.45. The van der Waals surface area contributed by atoms with E-state index in [1.807, 2.05) is 0 Å². The number of benzene rings is 2. The van der Waals surface area contributed by atoms with E-state index in [1.54, 1.807) is 0 Å². The number of primary sulfonamides is 1. The molecule has 0 spiro atoms. The van der Waals surface area contributed by atoms with Crippen molar-refractivity contribution in [2.75, 3.05) is 5.32 Å². The van der Waals surface area contributed by atoms with Crippen molar-refractivity contribution < 1.29 is 23.1 Å². The zero-order valence-electron chi connectivity index (χ0n) is 12.7. The summed E-state index contributed by atoms with van der Waals surface area (Å²) in [6, 6.07) is 9.91. The number of fused-ring (bicyclic) bond motifs is 1. The van der Waals surface area contributed by atoms with E-state index in [0.717, 1.165) is 0 Å². The Bertz CT molecular complexity index is 997. The second-order valence-corrected chi connectivity index (χ2v) is 6.95. The Morgan fingerprint density at radius 2 is 1.88 bits per heavy atom. The second-order valence-electron chi connectivity index (χ2n) is 5.39. The number of anilines is 1. The molecule has 9 heteroatoms. The van der Waals surface area contributed by atoms with E-state index in [-0.39, 0.29) is 16.4 Å². The molecule has 0 saturated carbocycles. The molecule has 1 heterocycles. The molecule has 2 aromatic rings. The Labute approximate surface area is 143 Å². The standard InChI is InChI=1S/C16H13N3O5S/c17-25(23,24)11-4-2-10(3-5-11)18-8-13-12-7-9(16(21)22)1-6-14(12)19-15(13)20/h1-8,13H,(H,19,20)(H,21,22)(H2,17,23,24). The average molecular weight is 359 g/mol. The van der Waals surface area contributed by atoms with Crippen LogP contribution in [-0.4, -0.2) is 31.6 Å². The SMILES string of the molecule is NS(=O)(=O)c1ccc(N=CC2C(=O)Nc3ccc(C(=O)O)cc32)cc1. The third kappa shape index (κ3) is 3.42. The quantitative estimate of drug-likeness (QED) is 0.709. The second kappa shape index (κ2) is 6.11. The van der Waals surface area contributed by atoms with Crippen LogP contribution in [0.4, 0.5) is 11.4 Å². The summed E-state index contributed by atoms with van der Waals surface area (Å²) < 4.78 is 22.4. The van der Waals surface area contributed by atoms with Gasteiger partial charge in [-0.25, -0.2) is 18.4 Å². The highest BCUT2D eigenvalue weighted by Crippen LogP contribution is 2.32. The summed E-state index contributed by atoms with van der Waals surface area (Å²) in [5.41, 5.74) is 1.57. The molecule has 1 atom stereocenters. The molecule has 128 valence electrons. The van der Waals surface area contributed by atoms with Crippen LogP contribution in [-0.2, 0) is 14.8 Å². The van der Waals surface area contributed by atoms with Crippen LogP contribution in [0.3, 0.4) is 0 Å². The molecule has 1 amide bonds. The number of nitrogens with zero attached hydrogens (tertiary/aromatic N) is 1. The molecule has 0 aliphatic carbocycles. The molecule has 0 fully saturated rings. The van der Waals surface area contributed by atoms with Gasteiger partial charge in [0, 0.05) is 11.9 Å². The van der Waals surface area contributed by atoms with Gasteiger partial charge in [-0.05, 0) is 48.0 Å². The maximum atomic E-state index is 12.1. The first-order valence-electron chi connectivity index (χ1n) is 7.11. The first-order valence-corrected chi connectivity index (χ1v) is 8.65. The Hall–Kier alpha value is -3.04. The number of carbonyl (C=O) groups is 2. The molecule has 0 radical (unpaired) electrons. The molecular weight excluding hydrogens is 346 g/mol. The number of carboxylic acids is 1. The van der Waals surface area contributed by atoms with Gasteiger partial charge < -0.3 is 10.4 Å². The van der Waals surface area contributed by atoms with Crippen molar-refractivity contribution in [2.24, 2.45) is 10.1 Å². The summed E-state index contributed by atoms with van der Waals surface area (Å²) in [5.74, 6) is -2.13. The number of nitrogens with one attached hydrogen (secondary N) is 1. The Balaban J connectivity index is 1.89. The summed E-state index contributed by atoms with van der Waals surface area (Å²) in [5, 5.41) is 16.8. The van der Waals surface area contributed by atoms with Gasteiger partial charge in [0.15, 0.2) is 0 Å². The number of hydrogen-bond donors (Lipinski definition) is 3. The normalized spacial score (nSPS) is 16.7. The highest BCUT2D eigenvalue weighted by atomic mass is 32.2. The van der Waals surface area contributed by atoms with Gasteiger partial charge in [-0.2, -0.15) is 0 Å². The van der Waals surface area contributed by atoms with E-state index in [4.69, 9.17) is 10.2 Å². The van der Waals surface area contributed by atoms with Crippen molar-refractivity contribution in [3.8, 4) is 0 Å². The smallest absolute Gasteiger partial charge is 0.335 e. The van der Waals surface area contributed by atoms with Crippen LogP contribution in [0.5, 0.6) is 0 Å². The lowest BCUT2D eigenvalue weighted by atomic mass is 9.99. The van der Waals surface area contributed by atoms with Crippen LogP contribution >= 0.6 is 0 Å². The number of sulfonamides is 1. The lowest BCUT2D eigenvalue weighted by Crippen LogP contribution is -2.13. The maximum absolute atomic E-state index is 12.1. The average Bonchev–Trinajstić information content (AvgIpc) is 2.87. The van der Waals surface area contributed by atoms with Gasteiger partial charge >= 0.3 is 5.97 Å². The molecule has 1 unspecified atom stereocenters. The summed E-state index contributed by atoms with van der Waals surface area (Å²) in [4.78, 5) is 27.3. The summed E-state index contributed by atoms with van der Waals surface area (Å²) >= 11 is 0. The number of nitrogens with two attached hydrogens (primary N) is 1. The van der Waals surface area contributed by atoms with Crippen LogP contribution in [0.1, 0.15) is 21.8 Å². The number of hydrogen-bond acceptors (Lipinski definition) is 5. The summed E-state index contributed by atoms with van der Waals surface area (Å²) in [7, 11) is -3.78. The molecule has 3 rings (SSSR count). The molecule has 0 bridgehead atoms. The summed E-state index contributed by atoms with van der Waals surface area (Å²) in [6.07, 6.45) is 1.39. The lowest BCUT2D eigenvalue weighted by molar-refractivity contribution is -0.115. The van der Waals surface area contributed by atoms with Crippen molar-refractivity contribution in [1.29, 1.82) is 0 Å². The van der Waals surface area contributed by atoms with E-state index in [9.17, 15) is 18.0 Å². The summed E-state index contributed by atoms with van der Waals surface area (Å²) in [6.45, 7) is 0. The molecule has 4 N–H and O–H groups in total. The van der Waals surface area contributed by atoms with Gasteiger partial charge in [0.05, 0.1) is 16.1 Å². The molecule has 2 aromatic carbocycles. The number of aliphatic imine (C=N–C) groups is 1. The molecule has 0 aromatic heterocycles. The van der Waals surface area contributed by atoms with E-state index < -0.39 is 21.9 Å². The largest absolute Gasteiger partial charge is 0.478 e. The van der Waals surface area contributed by atoms with Crippen LogP contribution in [0.15, 0.2) is 52.4 Å². The van der Waals surface area contributed by atoms with Gasteiger partial charge in [0.25, 0.3) is 0 Å². The first-order chi connectivity index (χ1) is 11.8. The van der Waals surface area contributed by atoms with Gasteiger partial charge in [-0.15, -0.1) is 0 Å². The molecule has 8 nitrogen and oxygen atoms in total. The lowest BCUT2D eigenvalue weighted by Gasteiger charge is -2.04. The monoisotopic (exact) mass is 359 g/mol. The Morgan fingerprint density at radius 1 is 1.20 bits per heavy atom. The Kier molecular flexibility index (Phi) is 4.11. The molecule has 1 aliphatic heterocycles. The van der Waals surface area contributed by atoms with Crippen LogP contribution in [0, 0.1) is 0 Å². The number of aromatic carboxylic acids is 1. The third-order valence-corrected chi connectivity index (χ3v) is 4.64. The maximum Gasteiger partial charge on any atom is 0.335 e. The number of rotatable bonds is 4. The van der Waals surface area contributed by atoms with Crippen molar-refractivity contribution in [2.45, 2.75) is 10.8 Å².